The third-order valence-electron chi connectivity index (χ3n) is 0. The molecule has 0 aliphatic heterocycles. The van der Waals surface area contributed by atoms with Crippen molar-refractivity contribution in [1.82, 2.24) is 0 Å². The van der Waals surface area contributed by atoms with Crippen molar-refractivity contribution >= 4 is 0 Å². The van der Waals surface area contributed by atoms with Gasteiger partial charge < -0.3 is 20.6 Å². The summed E-state index contributed by atoms with van der Waals surface area (Å²) < 4.78 is 51.4. The Hall–Kier alpha value is 2.69. The van der Waals surface area contributed by atoms with Gasteiger partial charge in [0.2, 0.25) is 0 Å². The molecular formula is I2O6Ra. The van der Waals surface area contributed by atoms with E-state index >= 15 is 0 Å². The first-order valence-corrected chi connectivity index (χ1v) is 6.21. The monoisotopic (exact) mass is 576 g/mol. The normalized spacial score (nSPS) is 8.00. The van der Waals surface area contributed by atoms with E-state index in [9.17, 15) is 0 Å². The number of halogens is 2. The van der Waals surface area contributed by atoms with Crippen LogP contribution in [0.25, 0.3) is 0 Å². The fourth-order valence-electron chi connectivity index (χ4n) is 0. The Bertz CT molecular complexity index is 26.5. The van der Waals surface area contributed by atoms with Crippen molar-refractivity contribution < 1.29 is 108 Å². The number of hydrogen-bond acceptors (Lipinski definition) is 6. The van der Waals surface area contributed by atoms with E-state index in [1.807, 2.05) is 0 Å². The molecule has 0 aromatic rings. The SMILES string of the molecule is [O-][I+2]([O-])[O-].[O-][I+2]([O-])[O-].[Ra+2]. The van der Waals surface area contributed by atoms with E-state index in [0.717, 1.165) is 0 Å². The summed E-state index contributed by atoms with van der Waals surface area (Å²) in [7, 11) is 0. The van der Waals surface area contributed by atoms with Gasteiger partial charge in [0.1, 0.15) is 0 Å². The molecule has 0 atom stereocenters. The first-order valence-electron chi connectivity index (χ1n) is 0.926. The minimum Gasteiger partial charge on any atom is -0.427 e. The molecule has 0 heterocycles. The molecule has 0 saturated heterocycles. The van der Waals surface area contributed by atoms with Crippen LogP contribution in [-0.2, 0) is 0 Å². The van der Waals surface area contributed by atoms with Gasteiger partial charge in [-0.25, -0.2) is 0 Å². The maximum atomic E-state index is 8.57. The summed E-state index contributed by atoms with van der Waals surface area (Å²) in [5.74, 6) is 0. The van der Waals surface area contributed by atoms with Crippen molar-refractivity contribution in [3.8, 4) is 0 Å². The fourth-order valence-corrected chi connectivity index (χ4v) is 0. The van der Waals surface area contributed by atoms with Gasteiger partial charge in [0.15, 0.2) is 0 Å². The second-order valence-electron chi connectivity index (χ2n) is 0.378. The summed E-state index contributed by atoms with van der Waals surface area (Å²) >= 11 is -8.03. The van der Waals surface area contributed by atoms with Gasteiger partial charge in [0.25, 0.3) is 42.1 Å². The molecule has 52 valence electrons. The van der Waals surface area contributed by atoms with Gasteiger partial charge in [-0.15, -0.1) is 0 Å². The van der Waals surface area contributed by atoms with Crippen molar-refractivity contribution in [3.05, 3.63) is 0 Å². The molecule has 9 heavy (non-hydrogen) atoms. The molecule has 0 radical (unpaired) electrons. The summed E-state index contributed by atoms with van der Waals surface area (Å²) in [6.45, 7) is 0. The molecular weight excluding hydrogens is 576 g/mol. The van der Waals surface area contributed by atoms with Crippen molar-refractivity contribution in [2.45, 2.75) is 0 Å². The van der Waals surface area contributed by atoms with E-state index in [4.69, 9.17) is 20.6 Å². The predicted octanol–water partition coefficient (Wildman–Crippen LogP) is -13.1. The van der Waals surface area contributed by atoms with E-state index < -0.39 is 42.1 Å². The Labute approximate surface area is 105 Å². The van der Waals surface area contributed by atoms with E-state index in [1.165, 1.54) is 0 Å². The average molecular weight is 576 g/mol. The molecule has 0 aliphatic carbocycles. The van der Waals surface area contributed by atoms with Crippen molar-refractivity contribution in [2.75, 3.05) is 0 Å². The van der Waals surface area contributed by atoms with Crippen LogP contribution in [0.5, 0.6) is 0 Å². The Balaban J connectivity index is -0.0000000720. The zero-order valence-corrected chi connectivity index (χ0v) is 14.0. The minimum absolute atomic E-state index is 0. The summed E-state index contributed by atoms with van der Waals surface area (Å²) in [5, 5.41) is 0. The smallest absolute Gasteiger partial charge is 0.427 e. The summed E-state index contributed by atoms with van der Waals surface area (Å²) in [5.41, 5.74) is 0. The first-order chi connectivity index (χ1) is 3.46. The van der Waals surface area contributed by atoms with Crippen LogP contribution in [0.15, 0.2) is 0 Å². The van der Waals surface area contributed by atoms with Gasteiger partial charge in [0, 0.05) is 0 Å². The summed E-state index contributed by atoms with van der Waals surface area (Å²) in [6, 6.07) is 0. The van der Waals surface area contributed by atoms with Gasteiger partial charge in [-0.05, 0) is 0 Å². The van der Waals surface area contributed by atoms with Crippen LogP contribution < -0.4 is 62.7 Å². The second kappa shape index (κ2) is 13.3. The van der Waals surface area contributed by atoms with Crippen molar-refractivity contribution in [1.29, 1.82) is 0 Å². The van der Waals surface area contributed by atoms with Crippen LogP contribution in [0, 0.1) is 45.0 Å². The molecule has 0 aromatic heterocycles. The molecule has 0 N–H and O–H groups in total. The molecule has 0 aliphatic rings. The Morgan fingerprint density at radius 2 is 0.556 bits per heavy atom. The van der Waals surface area contributed by atoms with Gasteiger partial charge >= 0.3 is 45.0 Å². The largest absolute Gasteiger partial charge is 2.00 e. The summed E-state index contributed by atoms with van der Waals surface area (Å²) in [6.07, 6.45) is 0. The predicted molar refractivity (Wildman–Crippen MR) is 0 cm³/mol. The topological polar surface area (TPSA) is 138 Å². The van der Waals surface area contributed by atoms with E-state index in [1.54, 1.807) is 0 Å². The van der Waals surface area contributed by atoms with Crippen LogP contribution in [0.1, 0.15) is 0 Å². The van der Waals surface area contributed by atoms with Gasteiger partial charge in [-0.2, -0.15) is 0 Å². The molecule has 0 rings (SSSR count). The van der Waals surface area contributed by atoms with E-state index in [0.29, 0.717) is 0 Å². The minimum atomic E-state index is -4.01. The molecule has 0 spiro atoms. The molecule has 6 nitrogen and oxygen atoms in total. The van der Waals surface area contributed by atoms with Crippen molar-refractivity contribution in [3.63, 3.8) is 0 Å². The maximum absolute atomic E-state index is 8.57. The van der Waals surface area contributed by atoms with Crippen LogP contribution in [0.3, 0.4) is 0 Å². The number of hydrogen-bond donors (Lipinski definition) is 0. The third-order valence-corrected chi connectivity index (χ3v) is 0. The first kappa shape index (κ1) is 17.7. The van der Waals surface area contributed by atoms with E-state index in [2.05, 4.69) is 0 Å². The quantitative estimate of drug-likeness (QED) is 0.263. The van der Waals surface area contributed by atoms with Crippen molar-refractivity contribution in [2.24, 2.45) is 0 Å². The Morgan fingerprint density at radius 1 is 0.556 bits per heavy atom. The van der Waals surface area contributed by atoms with Gasteiger partial charge in [-0.3, -0.25) is 0 Å². The maximum Gasteiger partial charge on any atom is 2.00 e. The molecule has 0 amide bonds. The fraction of sp³-hybridized carbons (Fsp3) is 0. The zero-order valence-electron chi connectivity index (χ0n) is 3.91. The molecule has 0 fully saturated rings. The zero-order chi connectivity index (χ0) is 7.15. The Morgan fingerprint density at radius 3 is 0.556 bits per heavy atom. The summed E-state index contributed by atoms with van der Waals surface area (Å²) in [4.78, 5) is 0. The average Bonchev–Trinajstić information content (AvgIpc) is 1.25. The molecule has 0 unspecified atom stereocenters. The third kappa shape index (κ3) is 112. The van der Waals surface area contributed by atoms with E-state index in [-0.39, 0.29) is 45.0 Å². The molecule has 0 bridgehead atoms. The van der Waals surface area contributed by atoms with Gasteiger partial charge in [0.05, 0.1) is 0 Å². The molecule has 9 heteroatoms. The van der Waals surface area contributed by atoms with Crippen LogP contribution in [-0.4, -0.2) is 0 Å². The molecule has 0 aromatic carbocycles. The Kier molecular flexibility index (Phi) is 26.1. The number of rotatable bonds is 0. The standard InChI is InChI=1S/2IO3.Ra/c2*2-1(3)4;/q2*-1;+2. The second-order valence-corrected chi connectivity index (χ2v) is 2.54. The van der Waals surface area contributed by atoms with Crippen LogP contribution >= 0.6 is 0 Å². The molecule has 0 saturated carbocycles. The van der Waals surface area contributed by atoms with Crippen LogP contribution in [0.4, 0.5) is 0 Å². The van der Waals surface area contributed by atoms with Crippen LogP contribution in [0.2, 0.25) is 0 Å². The van der Waals surface area contributed by atoms with Gasteiger partial charge in [-0.1, -0.05) is 0 Å².